The summed E-state index contributed by atoms with van der Waals surface area (Å²) in [5, 5.41) is 9.82. The van der Waals surface area contributed by atoms with Gasteiger partial charge in [-0.05, 0) is 29.2 Å². The van der Waals surface area contributed by atoms with E-state index in [0.29, 0.717) is 0 Å². The third-order valence-corrected chi connectivity index (χ3v) is 4.94. The maximum atomic E-state index is 12.5. The van der Waals surface area contributed by atoms with Crippen LogP contribution in [0.15, 0.2) is 48.5 Å². The van der Waals surface area contributed by atoms with E-state index in [2.05, 4.69) is 16.9 Å². The van der Waals surface area contributed by atoms with E-state index < -0.39 is 24.2 Å². The molecule has 0 aromatic heterocycles. The first kappa shape index (κ1) is 18.9. The molecule has 6 heteroatoms. The van der Waals surface area contributed by atoms with E-state index in [1.54, 1.807) is 0 Å². The number of benzene rings is 2. The molecule has 1 N–H and O–H groups in total. The van der Waals surface area contributed by atoms with Gasteiger partial charge in [0.05, 0.1) is 13.2 Å². The van der Waals surface area contributed by atoms with Crippen molar-refractivity contribution in [1.82, 2.24) is 4.90 Å². The van der Waals surface area contributed by atoms with Gasteiger partial charge in [0.2, 0.25) is 0 Å². The molecule has 27 heavy (non-hydrogen) atoms. The topological polar surface area (TPSA) is 76.1 Å². The van der Waals surface area contributed by atoms with Crippen LogP contribution in [0.25, 0.3) is 11.1 Å². The Morgan fingerprint density at radius 2 is 1.59 bits per heavy atom. The number of ether oxygens (including phenoxy) is 2. The number of carbonyl (C=O) groups is 2. The number of esters is 1. The van der Waals surface area contributed by atoms with E-state index in [1.807, 2.05) is 36.4 Å². The summed E-state index contributed by atoms with van der Waals surface area (Å²) < 4.78 is 10.2. The Hall–Kier alpha value is -2.86. The molecule has 0 aliphatic heterocycles. The van der Waals surface area contributed by atoms with Gasteiger partial charge in [0.1, 0.15) is 6.61 Å². The molecule has 6 nitrogen and oxygen atoms in total. The zero-order chi connectivity index (χ0) is 19.6. The Morgan fingerprint density at radius 3 is 2.07 bits per heavy atom. The van der Waals surface area contributed by atoms with Gasteiger partial charge in [0.15, 0.2) is 6.04 Å². The Bertz CT molecular complexity index is 802. The number of hydrogen-bond donors (Lipinski definition) is 1. The number of nitrogens with zero attached hydrogens (tertiary/aromatic N) is 1. The summed E-state index contributed by atoms with van der Waals surface area (Å²) in [6.07, 6.45) is -1.77. The molecule has 1 amide bonds. The lowest BCUT2D eigenvalue weighted by Gasteiger charge is -2.27. The number of fused-ring (bicyclic) bond motifs is 3. The summed E-state index contributed by atoms with van der Waals surface area (Å²) in [5.74, 6) is -0.765. The van der Waals surface area contributed by atoms with Crippen LogP contribution in [0.1, 0.15) is 24.0 Å². The van der Waals surface area contributed by atoms with Crippen LogP contribution in [0.4, 0.5) is 4.79 Å². The Labute approximate surface area is 158 Å². The molecule has 0 heterocycles. The fourth-order valence-corrected chi connectivity index (χ4v) is 3.61. The van der Waals surface area contributed by atoms with Crippen LogP contribution in [0.5, 0.6) is 0 Å². The van der Waals surface area contributed by atoms with E-state index in [0.717, 1.165) is 27.2 Å². The average Bonchev–Trinajstić information content (AvgIpc) is 2.99. The number of amides is 1. The third-order valence-electron chi connectivity index (χ3n) is 4.94. The van der Waals surface area contributed by atoms with E-state index in [-0.39, 0.29) is 12.5 Å². The number of rotatable bonds is 5. The summed E-state index contributed by atoms with van der Waals surface area (Å²) in [6.45, 7) is 1.57. The van der Waals surface area contributed by atoms with E-state index in [9.17, 15) is 14.7 Å². The number of aliphatic hydroxyl groups excluding tert-OH is 1. The first-order valence-corrected chi connectivity index (χ1v) is 8.79. The number of hydrogen-bond acceptors (Lipinski definition) is 5. The molecule has 3 rings (SSSR count). The van der Waals surface area contributed by atoms with Gasteiger partial charge in [-0.25, -0.2) is 9.59 Å². The van der Waals surface area contributed by atoms with Gasteiger partial charge in [-0.1, -0.05) is 48.5 Å². The van der Waals surface area contributed by atoms with Gasteiger partial charge in [-0.2, -0.15) is 0 Å². The fourth-order valence-electron chi connectivity index (χ4n) is 3.61. The number of methoxy groups -OCH3 is 1. The smallest absolute Gasteiger partial charge is 0.410 e. The second kappa shape index (κ2) is 7.80. The van der Waals surface area contributed by atoms with Crippen LogP contribution in [-0.4, -0.2) is 55.0 Å². The molecular weight excluding hydrogens is 346 g/mol. The lowest BCUT2D eigenvalue weighted by molar-refractivity contribution is -0.149. The minimum absolute atomic E-state index is 0.0714. The molecule has 2 aromatic carbocycles. The zero-order valence-electron chi connectivity index (χ0n) is 15.6. The third kappa shape index (κ3) is 3.53. The van der Waals surface area contributed by atoms with E-state index >= 15 is 0 Å². The molecule has 2 aromatic rings. The molecule has 2 atom stereocenters. The maximum Gasteiger partial charge on any atom is 0.410 e. The maximum absolute atomic E-state index is 12.5. The molecule has 0 unspecified atom stereocenters. The molecule has 1 aliphatic carbocycles. The van der Waals surface area contributed by atoms with Crippen molar-refractivity contribution >= 4 is 12.1 Å². The van der Waals surface area contributed by atoms with Crippen molar-refractivity contribution in [3.63, 3.8) is 0 Å². The Morgan fingerprint density at radius 1 is 1.07 bits per heavy atom. The molecule has 0 bridgehead atoms. The van der Waals surface area contributed by atoms with Gasteiger partial charge >= 0.3 is 12.1 Å². The quantitative estimate of drug-likeness (QED) is 0.820. The van der Waals surface area contributed by atoms with Crippen molar-refractivity contribution in [3.8, 4) is 11.1 Å². The van der Waals surface area contributed by atoms with Crippen molar-refractivity contribution in [2.24, 2.45) is 0 Å². The van der Waals surface area contributed by atoms with Gasteiger partial charge in [-0.15, -0.1) is 0 Å². The van der Waals surface area contributed by atoms with E-state index in [1.165, 1.54) is 21.1 Å². The van der Waals surface area contributed by atoms with Crippen LogP contribution in [0.2, 0.25) is 0 Å². The number of aliphatic hydroxyl groups is 1. The second-order valence-electron chi connectivity index (χ2n) is 6.62. The Balaban J connectivity index is 1.77. The number of carbonyl (C=O) groups excluding carboxylic acids is 2. The molecular formula is C21H23NO5. The van der Waals surface area contributed by atoms with Crippen LogP contribution in [-0.2, 0) is 14.3 Å². The minimum atomic E-state index is -1.12. The van der Waals surface area contributed by atoms with Crippen molar-refractivity contribution in [1.29, 1.82) is 0 Å². The highest BCUT2D eigenvalue weighted by atomic mass is 16.6. The summed E-state index contributed by atoms with van der Waals surface area (Å²) in [5.41, 5.74) is 4.49. The largest absolute Gasteiger partial charge is 0.467 e. The van der Waals surface area contributed by atoms with Crippen molar-refractivity contribution < 1.29 is 24.2 Å². The highest BCUT2D eigenvalue weighted by Gasteiger charge is 2.34. The van der Waals surface area contributed by atoms with Crippen LogP contribution in [0.3, 0.4) is 0 Å². The van der Waals surface area contributed by atoms with E-state index in [4.69, 9.17) is 4.74 Å². The molecule has 0 fully saturated rings. The predicted octanol–water partition coefficient (Wildman–Crippen LogP) is 2.79. The summed E-state index contributed by atoms with van der Waals surface area (Å²) in [6, 6.07) is 15.0. The lowest BCUT2D eigenvalue weighted by Crippen LogP contribution is -2.49. The first-order valence-electron chi connectivity index (χ1n) is 8.79. The van der Waals surface area contributed by atoms with Crippen molar-refractivity contribution in [2.75, 3.05) is 20.8 Å². The highest BCUT2D eigenvalue weighted by Crippen LogP contribution is 2.44. The predicted molar refractivity (Wildman–Crippen MR) is 100 cm³/mol. The summed E-state index contributed by atoms with van der Waals surface area (Å²) >= 11 is 0. The zero-order valence-corrected chi connectivity index (χ0v) is 15.6. The van der Waals surface area contributed by atoms with Gasteiger partial charge < -0.3 is 14.6 Å². The van der Waals surface area contributed by atoms with Gasteiger partial charge in [0, 0.05) is 13.0 Å². The standard InChI is InChI=1S/C21H23NO5/c1-13(23)19(20(24)26-3)22(2)21(25)27-12-18-16-10-6-4-8-14(16)15-9-5-7-11-17(15)18/h4-11,13,18-19,23H,12H2,1-3H3/t13-,19+/m0/s1. The summed E-state index contributed by atoms with van der Waals surface area (Å²) in [7, 11) is 2.62. The van der Waals surface area contributed by atoms with Crippen molar-refractivity contribution in [3.05, 3.63) is 59.7 Å². The lowest BCUT2D eigenvalue weighted by atomic mass is 9.98. The first-order chi connectivity index (χ1) is 13.0. The molecule has 0 spiro atoms. The van der Waals surface area contributed by atoms with Gasteiger partial charge in [-0.3, -0.25) is 4.90 Å². The Kier molecular flexibility index (Phi) is 5.46. The van der Waals surface area contributed by atoms with Crippen LogP contribution < -0.4 is 0 Å². The molecule has 0 radical (unpaired) electrons. The van der Waals surface area contributed by atoms with Crippen LogP contribution >= 0.6 is 0 Å². The average molecular weight is 369 g/mol. The monoisotopic (exact) mass is 369 g/mol. The molecule has 0 saturated heterocycles. The fraction of sp³-hybridized carbons (Fsp3) is 0.333. The summed E-state index contributed by atoms with van der Waals surface area (Å²) in [4.78, 5) is 25.4. The molecule has 142 valence electrons. The second-order valence-corrected chi connectivity index (χ2v) is 6.62. The number of likely N-dealkylation sites (N-methyl/N-ethyl adjacent to an activating group) is 1. The molecule has 0 saturated carbocycles. The van der Waals surface area contributed by atoms with Crippen LogP contribution in [0, 0.1) is 0 Å². The normalized spacial score (nSPS) is 14.7. The minimum Gasteiger partial charge on any atom is -0.467 e. The van der Waals surface area contributed by atoms with Gasteiger partial charge in [0.25, 0.3) is 0 Å². The van der Waals surface area contributed by atoms with Crippen molar-refractivity contribution in [2.45, 2.75) is 25.0 Å². The highest BCUT2D eigenvalue weighted by molar-refractivity contribution is 5.82. The molecule has 1 aliphatic rings. The SMILES string of the molecule is COC(=O)[C@@H]([C@H](C)O)N(C)C(=O)OCC1c2ccccc2-c2ccccc21.